The summed E-state index contributed by atoms with van der Waals surface area (Å²) in [5, 5.41) is 15.1. The Morgan fingerprint density at radius 3 is 2.69 bits per heavy atom. The minimum absolute atomic E-state index is 0.249. The molecule has 1 aliphatic heterocycles. The number of nitrogens with zero attached hydrogens (tertiary/aromatic N) is 6. The maximum atomic E-state index is 6.33. The molecule has 2 aromatic carbocycles. The van der Waals surface area contributed by atoms with E-state index in [-0.39, 0.29) is 5.92 Å². The van der Waals surface area contributed by atoms with E-state index in [1.807, 2.05) is 19.1 Å². The molecule has 1 atom stereocenters. The molecule has 0 spiro atoms. The van der Waals surface area contributed by atoms with Gasteiger partial charge in [-0.3, -0.25) is 4.57 Å². The SMILES string of the molecule is C=C1Oc2cccc(C)c2C(c2nn[nH]n2)c2ccc(-n3c(CC)nc4c(C)cc(C)nc43)cc21. The second-order valence-corrected chi connectivity index (χ2v) is 8.96. The third kappa shape index (κ3) is 3.24. The predicted octanol–water partition coefficient (Wildman–Crippen LogP) is 4.96. The van der Waals surface area contributed by atoms with Gasteiger partial charge in [0.1, 0.15) is 22.8 Å². The number of aromatic nitrogens is 7. The van der Waals surface area contributed by atoms with Crippen molar-refractivity contribution in [2.75, 3.05) is 0 Å². The van der Waals surface area contributed by atoms with Gasteiger partial charge in [-0.2, -0.15) is 5.21 Å². The van der Waals surface area contributed by atoms with Gasteiger partial charge in [-0.25, -0.2) is 9.97 Å². The molecular formula is C27H25N7O. The molecule has 0 bridgehead atoms. The summed E-state index contributed by atoms with van der Waals surface area (Å²) in [4.78, 5) is 9.76. The zero-order valence-corrected chi connectivity index (χ0v) is 20.1. The largest absolute Gasteiger partial charge is 0.457 e. The molecule has 4 heterocycles. The minimum Gasteiger partial charge on any atom is -0.457 e. The van der Waals surface area contributed by atoms with Crippen LogP contribution in [-0.4, -0.2) is 35.2 Å². The lowest BCUT2D eigenvalue weighted by Gasteiger charge is -2.18. The van der Waals surface area contributed by atoms with Gasteiger partial charge in [0.2, 0.25) is 0 Å². The van der Waals surface area contributed by atoms with Crippen LogP contribution >= 0.6 is 0 Å². The lowest BCUT2D eigenvalue weighted by atomic mass is 9.85. The Bertz CT molecular complexity index is 1610. The van der Waals surface area contributed by atoms with Gasteiger partial charge in [0.15, 0.2) is 11.5 Å². The monoisotopic (exact) mass is 463 g/mol. The maximum absolute atomic E-state index is 6.33. The number of hydrogen-bond acceptors (Lipinski definition) is 6. The molecule has 0 amide bonds. The van der Waals surface area contributed by atoms with Crippen molar-refractivity contribution < 1.29 is 4.74 Å². The van der Waals surface area contributed by atoms with Crippen LogP contribution in [0.15, 0.2) is 49.0 Å². The summed E-state index contributed by atoms with van der Waals surface area (Å²) in [6, 6.07) is 14.4. The number of imidazole rings is 1. The smallest absolute Gasteiger partial charge is 0.186 e. The number of aryl methyl sites for hydroxylation is 4. The number of pyridine rings is 1. The van der Waals surface area contributed by atoms with Crippen molar-refractivity contribution in [2.45, 2.75) is 40.0 Å². The number of hydrogen-bond donors (Lipinski definition) is 1. The quantitative estimate of drug-likeness (QED) is 0.406. The molecule has 0 radical (unpaired) electrons. The van der Waals surface area contributed by atoms with Gasteiger partial charge in [-0.05, 0) is 61.7 Å². The average Bonchev–Trinajstić information content (AvgIpc) is 3.47. The van der Waals surface area contributed by atoms with E-state index in [1.54, 1.807) is 0 Å². The molecule has 1 unspecified atom stereocenters. The number of aromatic amines is 1. The van der Waals surface area contributed by atoms with E-state index in [1.165, 1.54) is 0 Å². The molecule has 8 heteroatoms. The van der Waals surface area contributed by atoms with Crippen molar-refractivity contribution >= 4 is 16.9 Å². The normalized spacial score (nSPS) is 15.0. The summed E-state index contributed by atoms with van der Waals surface area (Å²) < 4.78 is 8.46. The minimum atomic E-state index is -0.249. The van der Waals surface area contributed by atoms with E-state index >= 15 is 0 Å². The number of ether oxygens (including phenoxy) is 1. The van der Waals surface area contributed by atoms with E-state index in [0.29, 0.717) is 11.6 Å². The predicted molar refractivity (Wildman–Crippen MR) is 134 cm³/mol. The number of fused-ring (bicyclic) bond motifs is 3. The zero-order chi connectivity index (χ0) is 24.3. The highest BCUT2D eigenvalue weighted by atomic mass is 16.5. The molecule has 1 N–H and O–H groups in total. The zero-order valence-electron chi connectivity index (χ0n) is 20.1. The van der Waals surface area contributed by atoms with E-state index in [9.17, 15) is 0 Å². The van der Waals surface area contributed by atoms with Crippen molar-refractivity contribution in [3.8, 4) is 11.4 Å². The van der Waals surface area contributed by atoms with Crippen LogP contribution in [0.3, 0.4) is 0 Å². The first-order chi connectivity index (χ1) is 17.0. The molecule has 0 aliphatic carbocycles. The second kappa shape index (κ2) is 7.87. The number of benzene rings is 2. The Hall–Kier alpha value is -4.33. The summed E-state index contributed by atoms with van der Waals surface area (Å²) in [6.45, 7) is 12.6. The standard InChI is InChI=1S/C27H25N7O/c1-6-22-29-25-15(3)12-16(4)28-27(25)34(22)18-10-11-19-20(13-18)17(5)35-21-9-7-8-14(2)23(21)24(19)26-30-32-33-31-26/h7-13,24H,5-6H2,1-4H3,(H,30,31,32,33). The number of nitrogens with one attached hydrogen (secondary N) is 1. The number of rotatable bonds is 3. The fourth-order valence-corrected chi connectivity index (χ4v) is 5.11. The molecule has 174 valence electrons. The lowest BCUT2D eigenvalue weighted by molar-refractivity contribution is 0.513. The Kier molecular flexibility index (Phi) is 4.77. The molecule has 0 saturated carbocycles. The van der Waals surface area contributed by atoms with Gasteiger partial charge in [-0.1, -0.05) is 36.9 Å². The van der Waals surface area contributed by atoms with Crippen molar-refractivity contribution in [3.63, 3.8) is 0 Å². The third-order valence-electron chi connectivity index (χ3n) is 6.65. The summed E-state index contributed by atoms with van der Waals surface area (Å²) in [5.74, 6) is 2.61. The van der Waals surface area contributed by atoms with E-state index in [2.05, 4.69) is 82.9 Å². The van der Waals surface area contributed by atoms with E-state index in [4.69, 9.17) is 14.7 Å². The second-order valence-electron chi connectivity index (χ2n) is 8.96. The topological polar surface area (TPSA) is 94.4 Å². The van der Waals surface area contributed by atoms with Crippen LogP contribution in [0, 0.1) is 20.8 Å². The van der Waals surface area contributed by atoms with E-state index < -0.39 is 0 Å². The van der Waals surface area contributed by atoms with Crippen LogP contribution in [0.2, 0.25) is 0 Å². The summed E-state index contributed by atoms with van der Waals surface area (Å²) in [7, 11) is 0. The molecule has 0 fully saturated rings. The van der Waals surface area contributed by atoms with Gasteiger partial charge in [0.25, 0.3) is 0 Å². The van der Waals surface area contributed by atoms with Gasteiger partial charge in [0.05, 0.1) is 5.92 Å². The molecule has 35 heavy (non-hydrogen) atoms. The highest BCUT2D eigenvalue weighted by molar-refractivity contribution is 5.79. The van der Waals surface area contributed by atoms with Gasteiger partial charge in [0, 0.05) is 28.9 Å². The van der Waals surface area contributed by atoms with E-state index in [0.717, 1.165) is 68.4 Å². The van der Waals surface area contributed by atoms with Gasteiger partial charge < -0.3 is 4.74 Å². The van der Waals surface area contributed by atoms with Crippen molar-refractivity contribution in [1.82, 2.24) is 35.2 Å². The Labute approximate surface area is 202 Å². The molecule has 1 aliphatic rings. The molecule has 6 rings (SSSR count). The van der Waals surface area contributed by atoms with Crippen molar-refractivity contribution in [3.05, 3.63) is 94.2 Å². The molecule has 3 aromatic heterocycles. The Morgan fingerprint density at radius 1 is 1.06 bits per heavy atom. The summed E-state index contributed by atoms with van der Waals surface area (Å²) >= 11 is 0. The molecule has 5 aromatic rings. The first-order valence-corrected chi connectivity index (χ1v) is 11.7. The Balaban J connectivity index is 1.62. The van der Waals surface area contributed by atoms with Gasteiger partial charge >= 0.3 is 0 Å². The van der Waals surface area contributed by atoms with Gasteiger partial charge in [-0.15, -0.1) is 10.2 Å². The molecule has 8 nitrogen and oxygen atoms in total. The van der Waals surface area contributed by atoms with Crippen molar-refractivity contribution in [1.29, 1.82) is 0 Å². The fourth-order valence-electron chi connectivity index (χ4n) is 5.11. The van der Waals surface area contributed by atoms with Crippen LogP contribution in [0.4, 0.5) is 0 Å². The summed E-state index contributed by atoms with van der Waals surface area (Å²) in [6.07, 6.45) is 0.777. The van der Waals surface area contributed by atoms with Crippen molar-refractivity contribution in [2.24, 2.45) is 0 Å². The fraction of sp³-hybridized carbons (Fsp3) is 0.222. The molecular weight excluding hydrogens is 438 g/mol. The third-order valence-corrected chi connectivity index (χ3v) is 6.65. The maximum Gasteiger partial charge on any atom is 0.186 e. The average molecular weight is 464 g/mol. The Morgan fingerprint density at radius 2 is 1.91 bits per heavy atom. The first-order valence-electron chi connectivity index (χ1n) is 11.7. The highest BCUT2D eigenvalue weighted by Crippen LogP contribution is 2.45. The summed E-state index contributed by atoms with van der Waals surface area (Å²) in [5.41, 5.74) is 8.81. The van der Waals surface area contributed by atoms with Crippen LogP contribution in [0.5, 0.6) is 5.75 Å². The number of tetrazole rings is 1. The molecule has 0 saturated heterocycles. The highest BCUT2D eigenvalue weighted by Gasteiger charge is 2.32. The first kappa shape index (κ1) is 21.2. The lowest BCUT2D eigenvalue weighted by Crippen LogP contribution is -2.09. The van der Waals surface area contributed by atoms with Crippen LogP contribution in [0.25, 0.3) is 22.6 Å². The van der Waals surface area contributed by atoms with Crippen LogP contribution < -0.4 is 4.74 Å². The van der Waals surface area contributed by atoms with Crippen LogP contribution in [0.1, 0.15) is 58.0 Å². The van der Waals surface area contributed by atoms with Crippen LogP contribution in [-0.2, 0) is 6.42 Å². The number of H-pyrrole nitrogens is 1.